The van der Waals surface area contributed by atoms with Gasteiger partial charge in [-0.3, -0.25) is 18.7 Å². The maximum Gasteiger partial charge on any atom is 0.333 e. The van der Waals surface area contributed by atoms with Gasteiger partial charge in [0, 0.05) is 24.0 Å². The largest absolute Gasteiger partial charge is 0.353 e. The molecule has 0 radical (unpaired) electrons. The predicted octanol–water partition coefficient (Wildman–Crippen LogP) is 1.46. The van der Waals surface area contributed by atoms with E-state index in [9.17, 15) is 27.2 Å². The third-order valence-electron chi connectivity index (χ3n) is 7.17. The fraction of sp³-hybridized carbons (Fsp3) is 0.636. The van der Waals surface area contributed by atoms with Crippen molar-refractivity contribution < 1.29 is 17.6 Å². The van der Waals surface area contributed by atoms with Crippen LogP contribution >= 0.6 is 0 Å². The molecule has 2 saturated carbocycles. The summed E-state index contributed by atoms with van der Waals surface area (Å²) in [7, 11) is -3.15. The van der Waals surface area contributed by atoms with Gasteiger partial charge in [-0.15, -0.1) is 0 Å². The fourth-order valence-electron chi connectivity index (χ4n) is 5.13. The first kappa shape index (κ1) is 22.2. The molecule has 2 aliphatic carbocycles. The van der Waals surface area contributed by atoms with E-state index in [1.54, 1.807) is 0 Å². The van der Waals surface area contributed by atoms with Crippen LogP contribution in [0.3, 0.4) is 0 Å². The van der Waals surface area contributed by atoms with Crippen molar-refractivity contribution in [3.05, 3.63) is 38.9 Å². The SMILES string of the molecule is O=C(NC1CCC(n2c(=O)c3cc(F)cnc3n(C3CCS(=O)(=O)CC3)c2=O)CC1)C1CC1. The molecule has 178 valence electrons. The summed E-state index contributed by atoms with van der Waals surface area (Å²) < 4.78 is 40.4. The van der Waals surface area contributed by atoms with Crippen LogP contribution in [-0.4, -0.2) is 46.0 Å². The number of hydrogen-bond acceptors (Lipinski definition) is 6. The molecule has 1 saturated heterocycles. The van der Waals surface area contributed by atoms with E-state index in [1.165, 1.54) is 9.13 Å². The minimum Gasteiger partial charge on any atom is -0.353 e. The number of halogens is 1. The molecule has 33 heavy (non-hydrogen) atoms. The Morgan fingerprint density at radius 2 is 1.61 bits per heavy atom. The van der Waals surface area contributed by atoms with Crippen LogP contribution in [0.2, 0.25) is 0 Å². The molecule has 0 unspecified atom stereocenters. The van der Waals surface area contributed by atoms with E-state index in [4.69, 9.17) is 0 Å². The average molecular weight is 479 g/mol. The predicted molar refractivity (Wildman–Crippen MR) is 119 cm³/mol. The van der Waals surface area contributed by atoms with Gasteiger partial charge in [0.1, 0.15) is 21.3 Å². The number of nitrogens with zero attached hydrogens (tertiary/aromatic N) is 3. The normalized spacial score (nSPS) is 25.7. The van der Waals surface area contributed by atoms with E-state index in [0.717, 1.165) is 25.1 Å². The lowest BCUT2D eigenvalue weighted by atomic mass is 9.90. The minimum absolute atomic E-state index is 0.0205. The average Bonchev–Trinajstić information content (AvgIpc) is 3.62. The molecule has 2 aromatic heterocycles. The monoisotopic (exact) mass is 478 g/mol. The minimum atomic E-state index is -3.15. The maximum absolute atomic E-state index is 14.0. The highest BCUT2D eigenvalue weighted by Crippen LogP contribution is 2.32. The van der Waals surface area contributed by atoms with Crippen molar-refractivity contribution in [1.29, 1.82) is 0 Å². The molecule has 1 N–H and O–H groups in total. The number of amides is 1. The van der Waals surface area contributed by atoms with E-state index in [-0.39, 0.29) is 59.3 Å². The standard InChI is InChI=1S/C22H27FN4O5S/c23-14-11-18-19(24-12-14)26(17-7-9-33(31,32)10-8-17)22(30)27(21(18)29)16-5-3-15(4-6-16)25-20(28)13-1-2-13/h11-13,15-17H,1-10H2,(H,25,28). The van der Waals surface area contributed by atoms with E-state index in [2.05, 4.69) is 10.3 Å². The van der Waals surface area contributed by atoms with Gasteiger partial charge in [0.25, 0.3) is 5.56 Å². The summed E-state index contributed by atoms with van der Waals surface area (Å²) in [6.07, 6.45) is 5.70. The third kappa shape index (κ3) is 4.34. The number of aromatic nitrogens is 3. The number of fused-ring (bicyclic) bond motifs is 1. The van der Waals surface area contributed by atoms with Gasteiger partial charge in [-0.2, -0.15) is 0 Å². The number of carbonyl (C=O) groups excluding carboxylic acids is 1. The maximum atomic E-state index is 14.0. The summed E-state index contributed by atoms with van der Waals surface area (Å²) in [5.41, 5.74) is -1.01. The molecule has 2 aromatic rings. The molecule has 0 spiro atoms. The number of hydrogen-bond donors (Lipinski definition) is 1. The van der Waals surface area contributed by atoms with E-state index in [1.807, 2.05) is 0 Å². The van der Waals surface area contributed by atoms with E-state index in [0.29, 0.717) is 25.7 Å². The van der Waals surface area contributed by atoms with Crippen LogP contribution in [0.15, 0.2) is 21.9 Å². The van der Waals surface area contributed by atoms with Crippen LogP contribution in [0.4, 0.5) is 4.39 Å². The molecule has 11 heteroatoms. The second kappa shape index (κ2) is 8.34. The van der Waals surface area contributed by atoms with Crippen LogP contribution in [0.5, 0.6) is 0 Å². The Balaban J connectivity index is 1.49. The number of carbonyl (C=O) groups is 1. The molecule has 1 amide bonds. The van der Waals surface area contributed by atoms with Crippen LogP contribution < -0.4 is 16.6 Å². The number of rotatable bonds is 4. The fourth-order valence-corrected chi connectivity index (χ4v) is 6.60. The van der Waals surface area contributed by atoms with E-state index >= 15 is 0 Å². The molecule has 1 aliphatic heterocycles. The molecule has 0 bridgehead atoms. The van der Waals surface area contributed by atoms with Crippen molar-refractivity contribution in [3.8, 4) is 0 Å². The highest BCUT2D eigenvalue weighted by molar-refractivity contribution is 7.91. The van der Waals surface area contributed by atoms with Gasteiger partial charge in [-0.25, -0.2) is 22.6 Å². The van der Waals surface area contributed by atoms with Crippen LogP contribution in [-0.2, 0) is 14.6 Å². The van der Waals surface area contributed by atoms with Crippen LogP contribution in [0.25, 0.3) is 11.0 Å². The second-order valence-corrected chi connectivity index (χ2v) is 11.8. The lowest BCUT2D eigenvalue weighted by molar-refractivity contribution is -0.123. The Labute approximate surface area is 189 Å². The Hall–Kier alpha value is -2.56. The lowest BCUT2D eigenvalue weighted by Gasteiger charge is -2.31. The van der Waals surface area contributed by atoms with Crippen molar-refractivity contribution >= 4 is 26.8 Å². The first-order valence-corrected chi connectivity index (χ1v) is 13.4. The molecule has 3 heterocycles. The Morgan fingerprint density at radius 1 is 0.970 bits per heavy atom. The molecule has 3 aliphatic rings. The van der Waals surface area contributed by atoms with Gasteiger partial charge in [-0.05, 0) is 57.4 Å². The molecular weight excluding hydrogens is 451 g/mol. The van der Waals surface area contributed by atoms with Gasteiger partial charge in [0.2, 0.25) is 5.91 Å². The highest BCUT2D eigenvalue weighted by atomic mass is 32.2. The Kier molecular flexibility index (Phi) is 5.62. The summed E-state index contributed by atoms with van der Waals surface area (Å²) in [6, 6.07) is 0.321. The van der Waals surface area contributed by atoms with Crippen LogP contribution in [0, 0.1) is 11.7 Å². The van der Waals surface area contributed by atoms with Crippen molar-refractivity contribution in [1.82, 2.24) is 19.4 Å². The zero-order chi connectivity index (χ0) is 23.3. The number of nitrogens with one attached hydrogen (secondary N) is 1. The number of pyridine rings is 1. The van der Waals surface area contributed by atoms with Gasteiger partial charge in [-0.1, -0.05) is 0 Å². The quantitative estimate of drug-likeness (QED) is 0.710. The van der Waals surface area contributed by atoms with Gasteiger partial charge >= 0.3 is 5.69 Å². The lowest BCUT2D eigenvalue weighted by Crippen LogP contribution is -2.47. The smallest absolute Gasteiger partial charge is 0.333 e. The molecule has 3 fully saturated rings. The van der Waals surface area contributed by atoms with Crippen molar-refractivity contribution in [2.45, 2.75) is 69.5 Å². The second-order valence-electron chi connectivity index (χ2n) is 9.52. The molecule has 0 atom stereocenters. The highest BCUT2D eigenvalue weighted by Gasteiger charge is 2.34. The molecule has 0 aromatic carbocycles. The number of sulfone groups is 1. The van der Waals surface area contributed by atoms with Crippen LogP contribution in [0.1, 0.15) is 63.5 Å². The summed E-state index contributed by atoms with van der Waals surface area (Å²) in [4.78, 5) is 43.0. The zero-order valence-corrected chi connectivity index (χ0v) is 19.0. The van der Waals surface area contributed by atoms with Crippen molar-refractivity contribution in [2.75, 3.05) is 11.5 Å². The van der Waals surface area contributed by atoms with Gasteiger partial charge in [0.15, 0.2) is 0 Å². The molecule has 9 nitrogen and oxygen atoms in total. The summed E-state index contributed by atoms with van der Waals surface area (Å²) in [6.45, 7) is 0. The van der Waals surface area contributed by atoms with Crippen molar-refractivity contribution in [2.24, 2.45) is 5.92 Å². The third-order valence-corrected chi connectivity index (χ3v) is 8.88. The summed E-state index contributed by atoms with van der Waals surface area (Å²) >= 11 is 0. The van der Waals surface area contributed by atoms with Crippen molar-refractivity contribution in [3.63, 3.8) is 0 Å². The molecular formula is C22H27FN4O5S. The van der Waals surface area contributed by atoms with E-state index < -0.39 is 32.9 Å². The van der Waals surface area contributed by atoms with Gasteiger partial charge in [0.05, 0.1) is 23.1 Å². The summed E-state index contributed by atoms with van der Waals surface area (Å²) in [5, 5.41) is 3.08. The first-order valence-electron chi connectivity index (χ1n) is 11.6. The summed E-state index contributed by atoms with van der Waals surface area (Å²) in [5.74, 6) is -0.554. The molecule has 5 rings (SSSR count). The Morgan fingerprint density at radius 3 is 2.24 bits per heavy atom. The Bertz CT molecular complexity index is 1310. The van der Waals surface area contributed by atoms with Gasteiger partial charge < -0.3 is 5.32 Å². The first-order chi connectivity index (χ1) is 15.7. The topological polar surface area (TPSA) is 120 Å². The zero-order valence-electron chi connectivity index (χ0n) is 18.2.